The van der Waals surface area contributed by atoms with Crippen LogP contribution in [0.5, 0.6) is 5.75 Å². The molecule has 18 heavy (non-hydrogen) atoms. The maximum absolute atomic E-state index is 5.60. The molecule has 1 aromatic rings. The van der Waals surface area contributed by atoms with Crippen LogP contribution in [0.4, 0.5) is 0 Å². The molecule has 1 N–H and O–H groups in total. The Morgan fingerprint density at radius 3 is 2.83 bits per heavy atom. The number of rotatable bonds is 5. The topological polar surface area (TPSA) is 33.6 Å². The van der Waals surface area contributed by atoms with Gasteiger partial charge in [-0.1, -0.05) is 43.8 Å². The summed E-state index contributed by atoms with van der Waals surface area (Å²) < 4.78 is 5.60. The summed E-state index contributed by atoms with van der Waals surface area (Å²) >= 11 is 1.81. The third-order valence-electron chi connectivity index (χ3n) is 2.87. The van der Waals surface area contributed by atoms with Gasteiger partial charge in [-0.15, -0.1) is 0 Å². The van der Waals surface area contributed by atoms with E-state index in [1.807, 2.05) is 42.1 Å². The molecule has 2 rings (SSSR count). The van der Waals surface area contributed by atoms with Crippen LogP contribution in [-0.2, 0) is 0 Å². The molecular weight excluding hydrogens is 244 g/mol. The molecule has 1 heterocycles. The zero-order valence-electron chi connectivity index (χ0n) is 10.9. The molecule has 0 amide bonds. The highest BCUT2D eigenvalue weighted by Crippen LogP contribution is 2.18. The molecule has 0 unspecified atom stereocenters. The van der Waals surface area contributed by atoms with Crippen molar-refractivity contribution in [3.8, 4) is 5.75 Å². The number of hydrogen-bond donors (Lipinski definition) is 1. The first-order chi connectivity index (χ1) is 8.75. The van der Waals surface area contributed by atoms with Crippen LogP contribution in [0.15, 0.2) is 35.3 Å². The maximum atomic E-state index is 5.60. The number of ether oxygens (including phenoxy) is 1. The fourth-order valence-corrected chi connectivity index (χ4v) is 2.91. The average molecular weight is 264 g/mol. The van der Waals surface area contributed by atoms with Crippen LogP contribution in [0, 0.1) is 5.92 Å². The molecule has 0 aliphatic carbocycles. The summed E-state index contributed by atoms with van der Waals surface area (Å²) in [7, 11) is 0. The molecular formula is C14H20N2OS. The lowest BCUT2D eigenvalue weighted by atomic mass is 10.1. The first-order valence-electron chi connectivity index (χ1n) is 6.37. The van der Waals surface area contributed by atoms with Crippen molar-refractivity contribution in [3.63, 3.8) is 0 Å². The lowest BCUT2D eigenvalue weighted by Gasteiger charge is -2.13. The van der Waals surface area contributed by atoms with Crippen LogP contribution in [0.1, 0.15) is 13.8 Å². The fraction of sp³-hybridized carbons (Fsp3) is 0.500. The highest BCUT2D eigenvalue weighted by molar-refractivity contribution is 8.14. The zero-order chi connectivity index (χ0) is 12.8. The molecule has 3 nitrogen and oxygen atoms in total. The van der Waals surface area contributed by atoms with Gasteiger partial charge < -0.3 is 10.1 Å². The number of nitrogens with zero attached hydrogens (tertiary/aromatic N) is 1. The molecule has 1 fully saturated rings. The van der Waals surface area contributed by atoms with E-state index in [2.05, 4.69) is 24.2 Å². The Bertz CT molecular complexity index is 392. The minimum atomic E-state index is 0.559. The summed E-state index contributed by atoms with van der Waals surface area (Å²) in [4.78, 5) is 4.51. The Balaban J connectivity index is 1.69. The molecule has 1 aromatic carbocycles. The summed E-state index contributed by atoms with van der Waals surface area (Å²) in [5.74, 6) is 2.69. The van der Waals surface area contributed by atoms with Gasteiger partial charge >= 0.3 is 0 Å². The molecule has 98 valence electrons. The van der Waals surface area contributed by atoms with Gasteiger partial charge in [-0.05, 0) is 18.1 Å². The number of para-hydroxylation sites is 1. The van der Waals surface area contributed by atoms with E-state index in [9.17, 15) is 0 Å². The predicted molar refractivity (Wildman–Crippen MR) is 78.5 cm³/mol. The first kappa shape index (κ1) is 13.3. The number of hydrogen-bond acceptors (Lipinski definition) is 3. The van der Waals surface area contributed by atoms with Crippen LogP contribution < -0.4 is 10.1 Å². The van der Waals surface area contributed by atoms with Gasteiger partial charge in [-0.25, -0.2) is 0 Å². The number of thioether (sulfide) groups is 1. The van der Waals surface area contributed by atoms with Crippen molar-refractivity contribution in [2.24, 2.45) is 10.9 Å². The van der Waals surface area contributed by atoms with Crippen LogP contribution in [-0.4, -0.2) is 30.1 Å². The van der Waals surface area contributed by atoms with Crippen LogP contribution in [0.3, 0.4) is 0 Å². The van der Waals surface area contributed by atoms with Crippen LogP contribution in [0.2, 0.25) is 0 Å². The molecule has 0 aromatic heterocycles. The van der Waals surface area contributed by atoms with Gasteiger partial charge in [0.1, 0.15) is 12.4 Å². The SMILES string of the molecule is CC(C)[C@H]1CSC(=NCCOc2ccccc2)N1. The summed E-state index contributed by atoms with van der Waals surface area (Å²) in [5, 5.41) is 4.51. The van der Waals surface area contributed by atoms with Crippen molar-refractivity contribution in [2.75, 3.05) is 18.9 Å². The maximum Gasteiger partial charge on any atom is 0.156 e. The fourth-order valence-electron chi connectivity index (χ4n) is 1.69. The van der Waals surface area contributed by atoms with E-state index >= 15 is 0 Å². The Labute approximate surface area is 113 Å². The van der Waals surface area contributed by atoms with E-state index in [0.717, 1.165) is 16.7 Å². The van der Waals surface area contributed by atoms with Gasteiger partial charge in [-0.2, -0.15) is 0 Å². The smallest absolute Gasteiger partial charge is 0.156 e. The predicted octanol–water partition coefficient (Wildman–Crippen LogP) is 2.78. The summed E-state index contributed by atoms with van der Waals surface area (Å²) in [6, 6.07) is 10.4. The summed E-state index contributed by atoms with van der Waals surface area (Å²) in [6.45, 7) is 5.80. The van der Waals surface area contributed by atoms with E-state index in [0.29, 0.717) is 25.1 Å². The molecule has 1 aliphatic rings. The number of benzene rings is 1. The third kappa shape index (κ3) is 3.95. The van der Waals surface area contributed by atoms with Gasteiger partial charge in [0.2, 0.25) is 0 Å². The van der Waals surface area contributed by atoms with E-state index in [1.54, 1.807) is 0 Å². The van der Waals surface area contributed by atoms with Gasteiger partial charge in [0, 0.05) is 11.8 Å². The van der Waals surface area contributed by atoms with Crippen molar-refractivity contribution in [1.29, 1.82) is 0 Å². The minimum absolute atomic E-state index is 0.559. The summed E-state index contributed by atoms with van der Waals surface area (Å²) in [6.07, 6.45) is 0. The number of nitrogens with one attached hydrogen (secondary N) is 1. The number of aliphatic imine (C=N–C) groups is 1. The molecule has 0 spiro atoms. The lowest BCUT2D eigenvalue weighted by Crippen LogP contribution is -2.31. The molecule has 0 saturated carbocycles. The Hall–Kier alpha value is -1.16. The van der Waals surface area contributed by atoms with Gasteiger partial charge in [0.25, 0.3) is 0 Å². The van der Waals surface area contributed by atoms with Crippen molar-refractivity contribution >= 4 is 16.9 Å². The second-order valence-electron chi connectivity index (χ2n) is 4.65. The highest BCUT2D eigenvalue weighted by atomic mass is 32.2. The Morgan fingerprint density at radius 2 is 2.17 bits per heavy atom. The standard InChI is InChI=1S/C14H20N2OS/c1-11(2)13-10-18-14(16-13)15-8-9-17-12-6-4-3-5-7-12/h3-7,11,13H,8-10H2,1-2H3,(H,15,16)/t13-/m1/s1. The zero-order valence-corrected chi connectivity index (χ0v) is 11.7. The van der Waals surface area contributed by atoms with E-state index in [1.165, 1.54) is 0 Å². The molecule has 0 radical (unpaired) electrons. The molecule has 4 heteroatoms. The lowest BCUT2D eigenvalue weighted by molar-refractivity contribution is 0.328. The van der Waals surface area contributed by atoms with Gasteiger partial charge in [0.15, 0.2) is 5.17 Å². The second-order valence-corrected chi connectivity index (χ2v) is 5.66. The first-order valence-corrected chi connectivity index (χ1v) is 7.36. The quantitative estimate of drug-likeness (QED) is 0.830. The summed E-state index contributed by atoms with van der Waals surface area (Å²) in [5.41, 5.74) is 0. The van der Waals surface area contributed by atoms with Crippen molar-refractivity contribution < 1.29 is 4.74 Å². The third-order valence-corrected chi connectivity index (χ3v) is 3.92. The van der Waals surface area contributed by atoms with E-state index in [-0.39, 0.29) is 0 Å². The number of amidine groups is 1. The molecule has 1 saturated heterocycles. The molecule has 0 bridgehead atoms. The van der Waals surface area contributed by atoms with Crippen molar-refractivity contribution in [3.05, 3.63) is 30.3 Å². The van der Waals surface area contributed by atoms with Crippen molar-refractivity contribution in [2.45, 2.75) is 19.9 Å². The van der Waals surface area contributed by atoms with Crippen LogP contribution in [0.25, 0.3) is 0 Å². The normalized spacial score (nSPS) is 21.3. The molecule has 1 atom stereocenters. The van der Waals surface area contributed by atoms with E-state index < -0.39 is 0 Å². The Morgan fingerprint density at radius 1 is 1.39 bits per heavy atom. The van der Waals surface area contributed by atoms with Gasteiger partial charge in [-0.3, -0.25) is 4.99 Å². The largest absolute Gasteiger partial charge is 0.492 e. The van der Waals surface area contributed by atoms with Crippen molar-refractivity contribution in [1.82, 2.24) is 5.32 Å². The monoisotopic (exact) mass is 264 g/mol. The van der Waals surface area contributed by atoms with Crippen LogP contribution >= 0.6 is 11.8 Å². The van der Waals surface area contributed by atoms with Gasteiger partial charge in [0.05, 0.1) is 6.54 Å². The molecule has 1 aliphatic heterocycles. The second kappa shape index (κ2) is 6.69. The Kier molecular flexibility index (Phi) is 4.93. The average Bonchev–Trinajstić information content (AvgIpc) is 2.85. The highest BCUT2D eigenvalue weighted by Gasteiger charge is 2.22. The van der Waals surface area contributed by atoms with E-state index in [4.69, 9.17) is 4.74 Å². The minimum Gasteiger partial charge on any atom is -0.492 e.